The van der Waals surface area contributed by atoms with Crippen molar-refractivity contribution in [2.45, 2.75) is 50.2 Å². The molecule has 2 aromatic rings. The number of para-hydroxylation sites is 2. The molecule has 9 heteroatoms. The Morgan fingerprint density at radius 1 is 1.11 bits per heavy atom. The second-order valence-corrected chi connectivity index (χ2v) is 10.3. The first-order valence-corrected chi connectivity index (χ1v) is 13.5. The van der Waals surface area contributed by atoms with Crippen LogP contribution in [0.3, 0.4) is 0 Å². The smallest absolute Gasteiger partial charge is 0.274 e. The summed E-state index contributed by atoms with van der Waals surface area (Å²) in [5.41, 5.74) is 5.70. The summed E-state index contributed by atoms with van der Waals surface area (Å²) >= 11 is 0. The lowest BCUT2D eigenvalue weighted by molar-refractivity contribution is -0.405. The molecule has 38 heavy (non-hydrogen) atoms. The number of nitrogens with zero attached hydrogens (tertiary/aromatic N) is 3. The maximum absolute atomic E-state index is 12.5. The number of unbranched alkanes of at least 4 members (excludes halogenated alkanes) is 1. The number of nitro groups is 1. The Labute approximate surface area is 225 Å². The summed E-state index contributed by atoms with van der Waals surface area (Å²) in [6.45, 7) is 3.11. The highest BCUT2D eigenvalue weighted by atomic mass is 16.6. The van der Waals surface area contributed by atoms with Crippen molar-refractivity contribution < 1.29 is 19.5 Å². The second kappa shape index (κ2) is 13.1. The van der Waals surface area contributed by atoms with Gasteiger partial charge in [-0.25, -0.2) is 0 Å². The van der Waals surface area contributed by atoms with Gasteiger partial charge >= 0.3 is 0 Å². The SMILES string of the molecule is COCCCC[C@@](O)(c1ccccc1Oc1ccccc1)C1CCCN(C(=C[N+](=O)[O-])N2CC[C@@H](N)C2)C1. The number of hydrogen-bond donors (Lipinski definition) is 2. The van der Waals surface area contributed by atoms with Crippen LogP contribution < -0.4 is 10.5 Å². The molecule has 0 radical (unpaired) electrons. The summed E-state index contributed by atoms with van der Waals surface area (Å²) in [7, 11) is 1.68. The fourth-order valence-electron chi connectivity index (χ4n) is 5.76. The van der Waals surface area contributed by atoms with Gasteiger partial charge in [0, 0.05) is 57.4 Å². The minimum absolute atomic E-state index is 0.00507. The standard InChI is InChI=1S/C29H40N4O5/c1-37-19-8-7-16-29(34,26-13-5-6-14-27(26)38-25-11-3-2-4-12-25)23-10-9-17-31(20-23)28(22-33(35)36)32-18-15-24(30)21-32/h2-6,11-14,22-24,34H,7-10,15-21,30H2,1H3/t23?,24-,29+/m1/s1. The molecule has 0 aromatic heterocycles. The van der Waals surface area contributed by atoms with E-state index in [1.165, 1.54) is 0 Å². The Hall–Kier alpha value is -3.14. The van der Waals surface area contributed by atoms with Crippen molar-refractivity contribution in [1.29, 1.82) is 0 Å². The van der Waals surface area contributed by atoms with E-state index in [1.807, 2.05) is 59.5 Å². The topological polar surface area (TPSA) is 114 Å². The maximum atomic E-state index is 12.5. The van der Waals surface area contributed by atoms with Gasteiger partial charge in [-0.3, -0.25) is 10.1 Å². The molecule has 0 amide bonds. The number of hydrogen-bond acceptors (Lipinski definition) is 8. The van der Waals surface area contributed by atoms with Crippen LogP contribution in [0, 0.1) is 16.0 Å². The third-order valence-corrected chi connectivity index (χ3v) is 7.67. The van der Waals surface area contributed by atoms with E-state index < -0.39 is 5.60 Å². The molecule has 2 saturated heterocycles. The summed E-state index contributed by atoms with van der Waals surface area (Å²) < 4.78 is 11.5. The van der Waals surface area contributed by atoms with Crippen molar-refractivity contribution in [2.75, 3.05) is 39.9 Å². The van der Waals surface area contributed by atoms with Crippen molar-refractivity contribution in [3.05, 3.63) is 82.3 Å². The van der Waals surface area contributed by atoms with Gasteiger partial charge in [0.05, 0.1) is 10.5 Å². The predicted molar refractivity (Wildman–Crippen MR) is 146 cm³/mol. The summed E-state index contributed by atoms with van der Waals surface area (Å²) in [6, 6.07) is 17.2. The lowest BCUT2D eigenvalue weighted by Gasteiger charge is -2.45. The summed E-state index contributed by atoms with van der Waals surface area (Å²) in [4.78, 5) is 15.3. The molecular formula is C29H40N4O5. The summed E-state index contributed by atoms with van der Waals surface area (Å²) in [5.74, 6) is 1.76. The number of methoxy groups -OCH3 is 1. The van der Waals surface area contributed by atoms with Crippen LogP contribution in [0.4, 0.5) is 0 Å². The van der Waals surface area contributed by atoms with Gasteiger partial charge in [0.25, 0.3) is 6.20 Å². The van der Waals surface area contributed by atoms with E-state index in [0.29, 0.717) is 56.5 Å². The zero-order valence-electron chi connectivity index (χ0n) is 22.2. The molecule has 2 fully saturated rings. The summed E-state index contributed by atoms with van der Waals surface area (Å²) in [6.07, 6.45) is 5.68. The third-order valence-electron chi connectivity index (χ3n) is 7.67. The van der Waals surface area contributed by atoms with Gasteiger partial charge in [-0.1, -0.05) is 36.4 Å². The summed E-state index contributed by atoms with van der Waals surface area (Å²) in [5, 5.41) is 24.1. The minimum Gasteiger partial charge on any atom is -0.457 e. The largest absolute Gasteiger partial charge is 0.457 e. The van der Waals surface area contributed by atoms with Crippen LogP contribution in [0.1, 0.15) is 44.1 Å². The number of piperidine rings is 1. The van der Waals surface area contributed by atoms with Gasteiger partial charge in [0.2, 0.25) is 0 Å². The maximum Gasteiger partial charge on any atom is 0.274 e. The molecule has 0 spiro atoms. The van der Waals surface area contributed by atoms with Crippen molar-refractivity contribution >= 4 is 0 Å². The Morgan fingerprint density at radius 2 is 1.84 bits per heavy atom. The van der Waals surface area contributed by atoms with Gasteiger partial charge in [0.15, 0.2) is 5.82 Å². The average Bonchev–Trinajstić information content (AvgIpc) is 3.36. The number of benzene rings is 2. The Bertz CT molecular complexity index is 1080. The molecular weight excluding hydrogens is 484 g/mol. The fourth-order valence-corrected chi connectivity index (χ4v) is 5.76. The molecule has 3 N–H and O–H groups in total. The van der Waals surface area contributed by atoms with Crippen molar-refractivity contribution in [3.63, 3.8) is 0 Å². The van der Waals surface area contributed by atoms with Crippen molar-refractivity contribution in [3.8, 4) is 11.5 Å². The van der Waals surface area contributed by atoms with Gasteiger partial charge in [-0.15, -0.1) is 0 Å². The van der Waals surface area contributed by atoms with Crippen LogP contribution in [0.2, 0.25) is 0 Å². The molecule has 2 aliphatic heterocycles. The van der Waals surface area contributed by atoms with Gasteiger partial charge in [-0.2, -0.15) is 0 Å². The molecule has 4 rings (SSSR count). The molecule has 3 atom stereocenters. The second-order valence-electron chi connectivity index (χ2n) is 10.3. The van der Waals surface area contributed by atoms with Crippen LogP contribution in [-0.2, 0) is 10.3 Å². The number of ether oxygens (including phenoxy) is 2. The molecule has 2 heterocycles. The van der Waals surface area contributed by atoms with Crippen LogP contribution in [0.5, 0.6) is 11.5 Å². The van der Waals surface area contributed by atoms with Crippen LogP contribution in [-0.4, -0.2) is 65.8 Å². The van der Waals surface area contributed by atoms with Crippen LogP contribution in [0.15, 0.2) is 66.6 Å². The highest BCUT2D eigenvalue weighted by molar-refractivity contribution is 5.42. The number of aliphatic hydroxyl groups is 1. The molecule has 2 aromatic carbocycles. The number of likely N-dealkylation sites (tertiary alicyclic amines) is 2. The lowest BCUT2D eigenvalue weighted by Crippen LogP contribution is -2.48. The Kier molecular flexibility index (Phi) is 9.60. The first kappa shape index (κ1) is 27.9. The van der Waals surface area contributed by atoms with E-state index in [-0.39, 0.29) is 16.9 Å². The Balaban J connectivity index is 1.65. The predicted octanol–water partition coefficient (Wildman–Crippen LogP) is 4.30. The first-order valence-electron chi connectivity index (χ1n) is 13.5. The molecule has 206 valence electrons. The average molecular weight is 525 g/mol. The molecule has 1 unspecified atom stereocenters. The number of nitrogens with two attached hydrogens (primary N) is 1. The van der Waals surface area contributed by atoms with E-state index in [9.17, 15) is 15.2 Å². The van der Waals surface area contributed by atoms with Crippen LogP contribution >= 0.6 is 0 Å². The lowest BCUT2D eigenvalue weighted by atomic mass is 9.73. The Morgan fingerprint density at radius 3 is 2.55 bits per heavy atom. The van der Waals surface area contributed by atoms with Crippen molar-refractivity contribution in [2.24, 2.45) is 11.7 Å². The van der Waals surface area contributed by atoms with E-state index >= 15 is 0 Å². The highest BCUT2D eigenvalue weighted by Crippen LogP contribution is 2.45. The van der Waals surface area contributed by atoms with E-state index in [0.717, 1.165) is 43.9 Å². The molecule has 9 nitrogen and oxygen atoms in total. The molecule has 0 bridgehead atoms. The van der Waals surface area contributed by atoms with Gasteiger partial charge < -0.3 is 30.1 Å². The number of rotatable bonds is 12. The van der Waals surface area contributed by atoms with E-state index in [4.69, 9.17) is 15.2 Å². The van der Waals surface area contributed by atoms with E-state index in [1.54, 1.807) is 7.11 Å². The normalized spacial score (nSPS) is 21.8. The molecule has 2 aliphatic rings. The molecule has 0 aliphatic carbocycles. The quantitative estimate of drug-likeness (QED) is 0.240. The van der Waals surface area contributed by atoms with Crippen molar-refractivity contribution in [1.82, 2.24) is 9.80 Å². The fraction of sp³-hybridized carbons (Fsp3) is 0.517. The first-order chi connectivity index (χ1) is 18.4. The van der Waals surface area contributed by atoms with Gasteiger partial charge in [-0.05, 0) is 56.7 Å². The van der Waals surface area contributed by atoms with Gasteiger partial charge in [0.1, 0.15) is 11.5 Å². The monoisotopic (exact) mass is 524 g/mol. The molecule has 0 saturated carbocycles. The van der Waals surface area contributed by atoms with E-state index in [2.05, 4.69) is 4.90 Å². The zero-order valence-corrected chi connectivity index (χ0v) is 22.2. The highest BCUT2D eigenvalue weighted by Gasteiger charge is 2.43. The third kappa shape index (κ3) is 6.83. The zero-order chi connectivity index (χ0) is 27.0. The van der Waals surface area contributed by atoms with Crippen LogP contribution in [0.25, 0.3) is 0 Å². The minimum atomic E-state index is -1.18.